The van der Waals surface area contributed by atoms with E-state index in [1.165, 1.54) is 22.5 Å². The van der Waals surface area contributed by atoms with Gasteiger partial charge in [-0.1, -0.05) is 17.7 Å². The Labute approximate surface area is 136 Å². The summed E-state index contributed by atoms with van der Waals surface area (Å²) in [4.78, 5) is 15.7. The molecular weight excluding hydrogens is 316 g/mol. The van der Waals surface area contributed by atoms with Crippen molar-refractivity contribution in [2.45, 2.75) is 18.8 Å². The average molecular weight is 329 g/mol. The number of primary amides is 1. The van der Waals surface area contributed by atoms with E-state index in [4.69, 9.17) is 17.3 Å². The van der Waals surface area contributed by atoms with E-state index in [0.29, 0.717) is 22.2 Å². The maximum atomic E-state index is 11.5. The first-order chi connectivity index (χ1) is 11.0. The molecule has 0 atom stereocenters. The molecule has 1 aliphatic carbocycles. The number of carbonyl (C=O) groups is 1. The van der Waals surface area contributed by atoms with Crippen LogP contribution in [0.2, 0.25) is 5.02 Å². The first kappa shape index (κ1) is 14.0. The Morgan fingerprint density at radius 3 is 2.78 bits per heavy atom. The van der Waals surface area contributed by atoms with E-state index in [1.54, 1.807) is 6.07 Å². The molecule has 1 aromatic carbocycles. The SMILES string of the molecule is NC(=O)c1c(O)cc(-c2cc(Cl)cc(C3CC3)c2)c2ncnn12. The maximum absolute atomic E-state index is 11.5. The molecule has 3 aromatic rings. The molecule has 23 heavy (non-hydrogen) atoms. The molecule has 2 heterocycles. The average Bonchev–Trinajstić information content (AvgIpc) is 3.24. The Balaban J connectivity index is 1.98. The van der Waals surface area contributed by atoms with E-state index < -0.39 is 5.91 Å². The van der Waals surface area contributed by atoms with E-state index in [1.807, 2.05) is 12.1 Å². The number of pyridine rings is 1. The van der Waals surface area contributed by atoms with Crippen LogP contribution in [0.25, 0.3) is 16.8 Å². The largest absolute Gasteiger partial charge is 0.505 e. The lowest BCUT2D eigenvalue weighted by molar-refractivity contribution is 0.0990. The summed E-state index contributed by atoms with van der Waals surface area (Å²) in [6, 6.07) is 7.28. The van der Waals surface area contributed by atoms with Crippen molar-refractivity contribution in [3.63, 3.8) is 0 Å². The Kier molecular flexibility index (Phi) is 3.02. The summed E-state index contributed by atoms with van der Waals surface area (Å²) in [7, 11) is 0. The number of nitrogens with two attached hydrogens (primary N) is 1. The summed E-state index contributed by atoms with van der Waals surface area (Å²) in [6.45, 7) is 0. The van der Waals surface area contributed by atoms with Gasteiger partial charge in [-0.25, -0.2) is 9.50 Å². The van der Waals surface area contributed by atoms with Crippen LogP contribution in [0.4, 0.5) is 0 Å². The number of nitrogens with zero attached hydrogens (tertiary/aromatic N) is 3. The van der Waals surface area contributed by atoms with E-state index in [-0.39, 0.29) is 11.4 Å². The zero-order chi connectivity index (χ0) is 16.1. The molecule has 0 saturated heterocycles. The molecule has 1 aliphatic rings. The third-order valence-electron chi connectivity index (χ3n) is 4.04. The van der Waals surface area contributed by atoms with E-state index in [0.717, 1.165) is 18.4 Å². The number of carbonyl (C=O) groups excluding carboxylic acids is 1. The topological polar surface area (TPSA) is 93.5 Å². The summed E-state index contributed by atoms with van der Waals surface area (Å²) in [5.74, 6) is -0.465. The fourth-order valence-electron chi connectivity index (χ4n) is 2.83. The molecule has 0 radical (unpaired) electrons. The second-order valence-corrected chi connectivity index (χ2v) is 6.14. The van der Waals surface area contributed by atoms with Crippen LogP contribution in [-0.4, -0.2) is 25.6 Å². The third kappa shape index (κ3) is 2.31. The fourth-order valence-corrected chi connectivity index (χ4v) is 3.07. The van der Waals surface area contributed by atoms with Gasteiger partial charge in [-0.2, -0.15) is 5.10 Å². The van der Waals surface area contributed by atoms with Crippen LogP contribution in [0.3, 0.4) is 0 Å². The third-order valence-corrected chi connectivity index (χ3v) is 4.26. The van der Waals surface area contributed by atoms with Gasteiger partial charge in [-0.3, -0.25) is 4.79 Å². The van der Waals surface area contributed by atoms with Gasteiger partial charge in [-0.15, -0.1) is 0 Å². The smallest absolute Gasteiger partial charge is 0.271 e. The summed E-state index contributed by atoms with van der Waals surface area (Å²) >= 11 is 6.24. The van der Waals surface area contributed by atoms with E-state index in [9.17, 15) is 9.90 Å². The Morgan fingerprint density at radius 2 is 2.09 bits per heavy atom. The van der Waals surface area contributed by atoms with Crippen LogP contribution >= 0.6 is 11.6 Å². The lowest BCUT2D eigenvalue weighted by Crippen LogP contribution is -2.16. The highest BCUT2D eigenvalue weighted by molar-refractivity contribution is 6.31. The summed E-state index contributed by atoms with van der Waals surface area (Å²) in [6.07, 6.45) is 3.63. The molecule has 0 unspecified atom stereocenters. The molecular formula is C16H13ClN4O2. The van der Waals surface area contributed by atoms with Gasteiger partial charge in [0.25, 0.3) is 5.91 Å². The van der Waals surface area contributed by atoms with Crippen molar-refractivity contribution < 1.29 is 9.90 Å². The van der Waals surface area contributed by atoms with Gasteiger partial charge in [0.15, 0.2) is 11.3 Å². The number of rotatable bonds is 3. The molecule has 2 aromatic heterocycles. The molecule has 1 amide bonds. The first-order valence-corrected chi connectivity index (χ1v) is 7.59. The molecule has 6 nitrogen and oxygen atoms in total. The molecule has 116 valence electrons. The van der Waals surface area contributed by atoms with Crippen molar-refractivity contribution >= 4 is 23.2 Å². The molecule has 4 rings (SSSR count). The predicted octanol–water partition coefficient (Wildman–Crippen LogP) is 2.73. The van der Waals surface area contributed by atoms with Gasteiger partial charge in [0.05, 0.1) is 0 Å². The van der Waals surface area contributed by atoms with Gasteiger partial charge >= 0.3 is 0 Å². The van der Waals surface area contributed by atoms with Crippen molar-refractivity contribution in [2.75, 3.05) is 0 Å². The highest BCUT2D eigenvalue weighted by Crippen LogP contribution is 2.43. The molecule has 0 bridgehead atoms. The number of aromatic hydroxyl groups is 1. The maximum Gasteiger partial charge on any atom is 0.271 e. The number of halogens is 1. The summed E-state index contributed by atoms with van der Waals surface area (Å²) < 4.78 is 1.25. The van der Waals surface area contributed by atoms with Crippen LogP contribution in [-0.2, 0) is 0 Å². The standard InChI is InChI=1S/C16H13ClN4O2/c17-11-4-9(8-1-2-8)3-10(5-11)12-6-13(22)14(15(18)23)21-16(12)19-7-20-21/h3-8,22H,1-2H2,(H2,18,23). The Bertz CT molecular complexity index is 947. The molecule has 1 fully saturated rings. The van der Waals surface area contributed by atoms with Crippen LogP contribution in [0.1, 0.15) is 34.8 Å². The fraction of sp³-hybridized carbons (Fsp3) is 0.188. The lowest BCUT2D eigenvalue weighted by atomic mass is 10.0. The molecule has 1 saturated carbocycles. The monoisotopic (exact) mass is 328 g/mol. The van der Waals surface area contributed by atoms with Crippen molar-refractivity contribution in [2.24, 2.45) is 5.73 Å². The van der Waals surface area contributed by atoms with Gasteiger partial charge < -0.3 is 10.8 Å². The molecule has 7 heteroatoms. The zero-order valence-electron chi connectivity index (χ0n) is 12.0. The first-order valence-electron chi connectivity index (χ1n) is 7.21. The summed E-state index contributed by atoms with van der Waals surface area (Å²) in [5.41, 5.74) is 8.31. The zero-order valence-corrected chi connectivity index (χ0v) is 12.8. The normalized spacial score (nSPS) is 14.3. The molecule has 0 spiro atoms. The van der Waals surface area contributed by atoms with Gasteiger partial charge in [0.2, 0.25) is 0 Å². The van der Waals surface area contributed by atoms with Crippen LogP contribution in [0.5, 0.6) is 5.75 Å². The van der Waals surface area contributed by atoms with Crippen LogP contribution in [0.15, 0.2) is 30.6 Å². The number of fused-ring (bicyclic) bond motifs is 1. The second-order valence-electron chi connectivity index (χ2n) is 5.70. The number of aromatic nitrogens is 3. The minimum atomic E-state index is -0.769. The highest BCUT2D eigenvalue weighted by Gasteiger charge is 2.25. The summed E-state index contributed by atoms with van der Waals surface area (Å²) in [5, 5.41) is 14.8. The lowest BCUT2D eigenvalue weighted by Gasteiger charge is -2.10. The minimum Gasteiger partial charge on any atom is -0.505 e. The van der Waals surface area contributed by atoms with Crippen LogP contribution < -0.4 is 5.73 Å². The number of amides is 1. The number of benzene rings is 1. The van der Waals surface area contributed by atoms with Crippen molar-refractivity contribution in [3.05, 3.63) is 46.9 Å². The van der Waals surface area contributed by atoms with Gasteiger partial charge in [0.1, 0.15) is 12.1 Å². The number of hydrogen-bond acceptors (Lipinski definition) is 4. The molecule has 0 aliphatic heterocycles. The van der Waals surface area contributed by atoms with Crippen LogP contribution in [0, 0.1) is 0 Å². The predicted molar refractivity (Wildman–Crippen MR) is 85.6 cm³/mol. The minimum absolute atomic E-state index is 0.0919. The highest BCUT2D eigenvalue weighted by atomic mass is 35.5. The van der Waals surface area contributed by atoms with Gasteiger partial charge in [0, 0.05) is 10.6 Å². The Hall–Kier alpha value is -2.60. The van der Waals surface area contributed by atoms with E-state index in [2.05, 4.69) is 10.1 Å². The van der Waals surface area contributed by atoms with E-state index >= 15 is 0 Å². The number of hydrogen-bond donors (Lipinski definition) is 2. The Morgan fingerprint density at radius 1 is 1.30 bits per heavy atom. The van der Waals surface area contributed by atoms with Crippen molar-refractivity contribution in [1.82, 2.24) is 14.6 Å². The van der Waals surface area contributed by atoms with Crippen molar-refractivity contribution in [1.29, 1.82) is 0 Å². The second kappa shape index (κ2) is 4.96. The molecule has 3 N–H and O–H groups in total. The quantitative estimate of drug-likeness (QED) is 0.773. The van der Waals surface area contributed by atoms with Crippen molar-refractivity contribution in [3.8, 4) is 16.9 Å². The van der Waals surface area contributed by atoms with Gasteiger partial charge in [-0.05, 0) is 48.1 Å².